The summed E-state index contributed by atoms with van der Waals surface area (Å²) < 4.78 is 5.70. The van der Waals surface area contributed by atoms with E-state index in [2.05, 4.69) is 4.98 Å². The molecule has 0 aliphatic carbocycles. The van der Waals surface area contributed by atoms with Gasteiger partial charge in [0.25, 0.3) is 0 Å². The highest BCUT2D eigenvalue weighted by Crippen LogP contribution is 2.28. The van der Waals surface area contributed by atoms with Crippen molar-refractivity contribution >= 4 is 28.8 Å². The molecule has 0 atom stereocenters. The van der Waals surface area contributed by atoms with Crippen LogP contribution in [0.15, 0.2) is 42.6 Å². The molecule has 1 aromatic heterocycles. The maximum atomic E-state index is 10.1. The van der Waals surface area contributed by atoms with Crippen molar-refractivity contribution < 1.29 is 14.8 Å². The van der Waals surface area contributed by atoms with Crippen LogP contribution in [0.1, 0.15) is 40.2 Å². The lowest BCUT2D eigenvalue weighted by Gasteiger charge is -2.33. The van der Waals surface area contributed by atoms with Gasteiger partial charge in [-0.05, 0) is 51.0 Å². The van der Waals surface area contributed by atoms with Crippen LogP contribution >= 0.6 is 23.8 Å². The second-order valence-electron chi connectivity index (χ2n) is 7.90. The van der Waals surface area contributed by atoms with Crippen molar-refractivity contribution in [2.75, 3.05) is 0 Å². The number of nitrogens with zero attached hydrogens (tertiary/aromatic N) is 2. The summed E-state index contributed by atoms with van der Waals surface area (Å²) >= 11 is 11.2. The molecule has 146 valence electrons. The van der Waals surface area contributed by atoms with Crippen LogP contribution < -0.4 is 4.74 Å². The third kappa shape index (κ3) is 6.74. The van der Waals surface area contributed by atoms with Gasteiger partial charge in [0.2, 0.25) is 5.88 Å². The lowest BCUT2D eigenvalue weighted by molar-refractivity contribution is -0.330. The minimum Gasteiger partial charge on any atom is -0.439 e. The molecule has 1 aromatic carbocycles. The number of pyridine rings is 1. The van der Waals surface area contributed by atoms with E-state index < -0.39 is 11.0 Å². The van der Waals surface area contributed by atoms with E-state index in [-0.39, 0.29) is 0 Å². The Bertz CT molecular complexity index is 771. The SMILES string of the molecule is CC(C)(C)ON(O)C(=S)C(C)(C)Cc1ccc(Oc2ccc(Cl)cn2)cc1. The molecular formula is C20H25ClN2O3S. The highest BCUT2D eigenvalue weighted by atomic mass is 35.5. The van der Waals surface area contributed by atoms with E-state index in [9.17, 15) is 5.21 Å². The number of hydroxylamine groups is 2. The van der Waals surface area contributed by atoms with Crippen LogP contribution in [0, 0.1) is 5.41 Å². The summed E-state index contributed by atoms with van der Waals surface area (Å²) in [6.07, 6.45) is 2.17. The summed E-state index contributed by atoms with van der Waals surface area (Å²) in [4.78, 5) is 9.86. The maximum Gasteiger partial charge on any atom is 0.219 e. The smallest absolute Gasteiger partial charge is 0.219 e. The Morgan fingerprint density at radius 2 is 1.74 bits per heavy atom. The molecule has 1 N–H and O–H groups in total. The zero-order valence-corrected chi connectivity index (χ0v) is 17.8. The van der Waals surface area contributed by atoms with E-state index in [0.29, 0.717) is 33.3 Å². The van der Waals surface area contributed by atoms with Gasteiger partial charge in [0, 0.05) is 17.7 Å². The Morgan fingerprint density at radius 3 is 2.26 bits per heavy atom. The van der Waals surface area contributed by atoms with Gasteiger partial charge in [0.05, 0.1) is 10.6 Å². The number of rotatable bonds is 6. The molecule has 0 radical (unpaired) electrons. The third-order valence-corrected chi connectivity index (χ3v) is 4.54. The van der Waals surface area contributed by atoms with Crippen LogP contribution in [0.4, 0.5) is 0 Å². The van der Waals surface area contributed by atoms with E-state index in [0.717, 1.165) is 5.56 Å². The fraction of sp³-hybridized carbons (Fsp3) is 0.400. The summed E-state index contributed by atoms with van der Waals surface area (Å²) in [5, 5.41) is 11.4. The van der Waals surface area contributed by atoms with E-state index in [1.165, 1.54) is 6.20 Å². The zero-order chi connectivity index (χ0) is 20.2. The number of hydrogen-bond acceptors (Lipinski definition) is 5. The Morgan fingerprint density at radius 1 is 1.11 bits per heavy atom. The first-order chi connectivity index (χ1) is 12.5. The van der Waals surface area contributed by atoms with Crippen LogP contribution in [0.25, 0.3) is 0 Å². The maximum absolute atomic E-state index is 10.1. The highest BCUT2D eigenvalue weighted by Gasteiger charge is 2.31. The predicted octanol–water partition coefficient (Wildman–Crippen LogP) is 5.84. The largest absolute Gasteiger partial charge is 0.439 e. The van der Waals surface area contributed by atoms with Crippen molar-refractivity contribution in [1.29, 1.82) is 0 Å². The van der Waals surface area contributed by atoms with Crippen molar-refractivity contribution in [3.63, 3.8) is 0 Å². The number of hydrogen-bond donors (Lipinski definition) is 1. The molecule has 7 heteroatoms. The second-order valence-corrected chi connectivity index (χ2v) is 8.73. The van der Waals surface area contributed by atoms with Crippen LogP contribution in [-0.2, 0) is 11.3 Å². The van der Waals surface area contributed by atoms with Crippen LogP contribution in [-0.4, -0.2) is 26.0 Å². The molecule has 0 saturated carbocycles. The van der Waals surface area contributed by atoms with Crippen LogP contribution in [0.5, 0.6) is 11.6 Å². The lowest BCUT2D eigenvalue weighted by atomic mass is 9.85. The first-order valence-corrected chi connectivity index (χ1v) is 9.36. The first-order valence-electron chi connectivity index (χ1n) is 8.57. The van der Waals surface area contributed by atoms with E-state index in [4.69, 9.17) is 33.4 Å². The molecule has 0 aliphatic rings. The standard InChI is InChI=1S/C20H25ClN2O3S/c1-19(2,3)26-23(24)18(27)20(4,5)12-14-6-9-16(10-7-14)25-17-11-8-15(21)13-22-17/h6-11,13,24H,12H2,1-5H3. The number of aromatic nitrogens is 1. The summed E-state index contributed by atoms with van der Waals surface area (Å²) in [7, 11) is 0. The number of benzene rings is 1. The lowest BCUT2D eigenvalue weighted by Crippen LogP contribution is -2.42. The molecule has 0 amide bonds. The van der Waals surface area contributed by atoms with Gasteiger partial charge in [-0.25, -0.2) is 9.82 Å². The quantitative estimate of drug-likeness (QED) is 0.478. The molecular weight excluding hydrogens is 384 g/mol. The average molecular weight is 409 g/mol. The molecule has 0 saturated heterocycles. The summed E-state index contributed by atoms with van der Waals surface area (Å²) in [6, 6.07) is 11.1. The van der Waals surface area contributed by atoms with Crippen molar-refractivity contribution in [2.24, 2.45) is 5.41 Å². The van der Waals surface area contributed by atoms with Gasteiger partial charge >= 0.3 is 0 Å². The minimum absolute atomic E-state index is 0.322. The number of thiocarbonyl (C=S) groups is 1. The fourth-order valence-corrected chi connectivity index (χ4v) is 2.59. The molecule has 5 nitrogen and oxygen atoms in total. The van der Waals surface area contributed by atoms with Gasteiger partial charge < -0.3 is 4.74 Å². The topological polar surface area (TPSA) is 54.8 Å². The van der Waals surface area contributed by atoms with Crippen molar-refractivity contribution in [1.82, 2.24) is 10.2 Å². The highest BCUT2D eigenvalue weighted by molar-refractivity contribution is 7.80. The number of ether oxygens (including phenoxy) is 1. The molecule has 0 unspecified atom stereocenters. The van der Waals surface area contributed by atoms with Crippen molar-refractivity contribution in [3.05, 3.63) is 53.2 Å². The fourth-order valence-electron chi connectivity index (χ4n) is 2.36. The molecule has 2 aromatic rings. The Balaban J connectivity index is 2.01. The normalized spacial score (nSPS) is 12.0. The predicted molar refractivity (Wildman–Crippen MR) is 110 cm³/mol. The molecule has 0 bridgehead atoms. The minimum atomic E-state index is -0.538. The zero-order valence-electron chi connectivity index (χ0n) is 16.2. The summed E-state index contributed by atoms with van der Waals surface area (Å²) in [5.74, 6) is 1.15. The summed E-state index contributed by atoms with van der Waals surface area (Å²) in [6.45, 7) is 9.47. The molecule has 0 fully saturated rings. The Hall–Kier alpha value is -1.73. The van der Waals surface area contributed by atoms with Crippen molar-refractivity contribution in [3.8, 4) is 11.6 Å². The van der Waals surface area contributed by atoms with E-state index in [1.807, 2.05) is 58.9 Å². The molecule has 1 heterocycles. The Kier molecular flexibility index (Phi) is 6.81. The van der Waals surface area contributed by atoms with Crippen molar-refractivity contribution in [2.45, 2.75) is 46.6 Å². The molecule has 0 aliphatic heterocycles. The molecule has 27 heavy (non-hydrogen) atoms. The van der Waals surface area contributed by atoms with Gasteiger partial charge in [0.1, 0.15) is 10.7 Å². The van der Waals surface area contributed by atoms with E-state index in [1.54, 1.807) is 12.1 Å². The van der Waals surface area contributed by atoms with Gasteiger partial charge in [-0.15, -0.1) is 5.23 Å². The van der Waals surface area contributed by atoms with Gasteiger partial charge in [-0.2, -0.15) is 0 Å². The third-order valence-electron chi connectivity index (χ3n) is 3.61. The van der Waals surface area contributed by atoms with Crippen LogP contribution in [0.3, 0.4) is 0 Å². The van der Waals surface area contributed by atoms with Gasteiger partial charge in [-0.1, -0.05) is 49.8 Å². The van der Waals surface area contributed by atoms with Crippen LogP contribution in [0.2, 0.25) is 5.02 Å². The second kappa shape index (κ2) is 8.52. The summed E-state index contributed by atoms with van der Waals surface area (Å²) in [5.41, 5.74) is 0.0434. The Labute approximate surface area is 170 Å². The van der Waals surface area contributed by atoms with Gasteiger partial charge in [-0.3, -0.25) is 5.21 Å². The van der Waals surface area contributed by atoms with Gasteiger partial charge in [0.15, 0.2) is 0 Å². The first kappa shape index (κ1) is 21.6. The molecule has 0 spiro atoms. The number of halogens is 1. The van der Waals surface area contributed by atoms with E-state index >= 15 is 0 Å². The monoisotopic (exact) mass is 408 g/mol. The average Bonchev–Trinajstić information content (AvgIpc) is 2.56. The molecule has 2 rings (SSSR count).